The Kier molecular flexibility index (Phi) is 5.28. The normalized spacial score (nSPS) is 22.8. The summed E-state index contributed by atoms with van der Waals surface area (Å²) in [6.45, 7) is 2.07. The molecular formula is C25H25FN2O3S. The summed E-state index contributed by atoms with van der Waals surface area (Å²) in [5, 5.41) is 13.4. The molecule has 1 saturated heterocycles. The molecule has 3 aromatic rings. The van der Waals surface area contributed by atoms with Gasteiger partial charge in [-0.1, -0.05) is 42.5 Å². The van der Waals surface area contributed by atoms with E-state index in [9.17, 15) is 17.9 Å². The van der Waals surface area contributed by atoms with Gasteiger partial charge in [0.05, 0.1) is 23.6 Å². The molecule has 2 heterocycles. The molecule has 3 aromatic carbocycles. The zero-order chi connectivity index (χ0) is 22.5. The van der Waals surface area contributed by atoms with Crippen LogP contribution in [0.4, 0.5) is 10.1 Å². The Balaban J connectivity index is 1.65. The minimum Gasteiger partial charge on any atom is -0.394 e. The number of aliphatic hydroxyl groups excluding tert-OH is 1. The quantitative estimate of drug-likeness (QED) is 0.618. The van der Waals surface area contributed by atoms with E-state index in [0.29, 0.717) is 34.6 Å². The van der Waals surface area contributed by atoms with Crippen LogP contribution >= 0.6 is 0 Å². The number of nitrogens with one attached hydrogen (secondary N) is 1. The van der Waals surface area contributed by atoms with E-state index in [1.165, 1.54) is 6.07 Å². The van der Waals surface area contributed by atoms with Gasteiger partial charge in [0.15, 0.2) is 0 Å². The molecule has 166 valence electrons. The molecule has 3 atom stereocenters. The van der Waals surface area contributed by atoms with Crippen LogP contribution in [0.2, 0.25) is 0 Å². The Morgan fingerprint density at radius 1 is 1.09 bits per heavy atom. The van der Waals surface area contributed by atoms with Crippen LogP contribution in [-0.4, -0.2) is 37.0 Å². The van der Waals surface area contributed by atoms with Gasteiger partial charge in [-0.05, 0) is 54.3 Å². The molecule has 0 radical (unpaired) electrons. The number of aliphatic hydroxyl groups is 1. The van der Waals surface area contributed by atoms with Crippen molar-refractivity contribution in [3.63, 3.8) is 0 Å². The predicted molar refractivity (Wildman–Crippen MR) is 122 cm³/mol. The third kappa shape index (κ3) is 3.32. The number of hydrogen-bond acceptors (Lipinski definition) is 4. The molecule has 0 unspecified atom stereocenters. The lowest BCUT2D eigenvalue weighted by molar-refractivity contribution is 0.210. The monoisotopic (exact) mass is 452 g/mol. The fourth-order valence-electron chi connectivity index (χ4n) is 5.13. The lowest BCUT2D eigenvalue weighted by atomic mass is 9.82. The molecule has 1 fully saturated rings. The van der Waals surface area contributed by atoms with Crippen molar-refractivity contribution >= 4 is 15.7 Å². The zero-order valence-corrected chi connectivity index (χ0v) is 18.5. The van der Waals surface area contributed by atoms with Gasteiger partial charge in [-0.3, -0.25) is 0 Å². The molecule has 32 heavy (non-hydrogen) atoms. The van der Waals surface area contributed by atoms with Gasteiger partial charge in [-0.25, -0.2) is 12.8 Å². The summed E-state index contributed by atoms with van der Waals surface area (Å²) in [6, 6.07) is 18.4. The largest absolute Gasteiger partial charge is 0.394 e. The third-order valence-corrected chi connectivity index (χ3v) is 8.73. The first-order valence-electron chi connectivity index (χ1n) is 10.8. The van der Waals surface area contributed by atoms with E-state index in [0.717, 1.165) is 11.3 Å². The number of halogens is 1. The maximum absolute atomic E-state index is 14.5. The molecule has 0 saturated carbocycles. The Hall–Kier alpha value is -2.74. The highest BCUT2D eigenvalue weighted by molar-refractivity contribution is 7.89. The fourth-order valence-corrected chi connectivity index (χ4v) is 7.02. The van der Waals surface area contributed by atoms with Gasteiger partial charge < -0.3 is 10.4 Å². The fraction of sp³-hybridized carbons (Fsp3) is 0.280. The van der Waals surface area contributed by atoms with Gasteiger partial charge in [-0.15, -0.1) is 0 Å². The van der Waals surface area contributed by atoms with Crippen molar-refractivity contribution in [2.75, 3.05) is 18.5 Å². The van der Waals surface area contributed by atoms with Gasteiger partial charge in [0, 0.05) is 23.7 Å². The second kappa shape index (κ2) is 7.99. The summed E-state index contributed by atoms with van der Waals surface area (Å²) in [5.74, 6) is -0.404. The van der Waals surface area contributed by atoms with Crippen molar-refractivity contribution in [1.82, 2.24) is 4.31 Å². The van der Waals surface area contributed by atoms with Gasteiger partial charge >= 0.3 is 0 Å². The number of sulfonamides is 1. The van der Waals surface area contributed by atoms with Gasteiger partial charge in [0.2, 0.25) is 10.0 Å². The average Bonchev–Trinajstić information content (AvgIpc) is 3.25. The van der Waals surface area contributed by atoms with Crippen molar-refractivity contribution in [3.8, 4) is 11.1 Å². The summed E-state index contributed by atoms with van der Waals surface area (Å²) in [7, 11) is -3.75. The highest BCUT2D eigenvalue weighted by atomic mass is 32.2. The predicted octanol–water partition coefficient (Wildman–Crippen LogP) is 4.34. The molecule has 5 rings (SSSR count). The van der Waals surface area contributed by atoms with Crippen LogP contribution in [0.5, 0.6) is 0 Å². The minimum absolute atomic E-state index is 0.0813. The number of benzene rings is 3. The van der Waals surface area contributed by atoms with Crippen molar-refractivity contribution in [2.45, 2.75) is 30.3 Å². The molecule has 7 heteroatoms. The van der Waals surface area contributed by atoms with Gasteiger partial charge in [0.25, 0.3) is 0 Å². The van der Waals surface area contributed by atoms with E-state index in [-0.39, 0.29) is 24.4 Å². The van der Waals surface area contributed by atoms with E-state index in [2.05, 4.69) is 5.32 Å². The molecule has 2 N–H and O–H groups in total. The number of aryl methyl sites for hydroxylation is 1. The number of hydrogen-bond donors (Lipinski definition) is 2. The SMILES string of the molecule is Cc1ccccc1S(=O)(=O)N1CC[C@H]2[C@H](CO)Nc3ccc(-c4ccccc4F)cc3[C@H]21. The van der Waals surface area contributed by atoms with E-state index in [4.69, 9.17) is 0 Å². The standard InChI is InChI=1S/C25H25FN2O3S/c1-16-6-2-5-9-24(16)32(30,31)28-13-12-19-23(15-29)27-22-11-10-17(14-20(22)25(19)28)18-7-3-4-8-21(18)26/h2-11,14,19,23,25,27,29H,12-13,15H2,1H3/t19-,23-,25-/m0/s1. The lowest BCUT2D eigenvalue weighted by Gasteiger charge is -2.39. The van der Waals surface area contributed by atoms with Crippen molar-refractivity contribution in [2.24, 2.45) is 5.92 Å². The molecule has 0 bridgehead atoms. The van der Waals surface area contributed by atoms with Gasteiger partial charge in [0.1, 0.15) is 5.82 Å². The average molecular weight is 453 g/mol. The van der Waals surface area contributed by atoms with Crippen LogP contribution in [-0.2, 0) is 10.0 Å². The number of fused-ring (bicyclic) bond motifs is 3. The highest BCUT2D eigenvalue weighted by Gasteiger charge is 2.48. The van der Waals surface area contributed by atoms with E-state index in [1.54, 1.807) is 47.6 Å². The smallest absolute Gasteiger partial charge is 0.243 e. The number of nitrogens with zero attached hydrogens (tertiary/aromatic N) is 1. The first-order valence-corrected chi connectivity index (χ1v) is 12.2. The Morgan fingerprint density at radius 2 is 1.84 bits per heavy atom. The maximum atomic E-state index is 14.5. The third-order valence-electron chi connectivity index (χ3n) is 6.69. The van der Waals surface area contributed by atoms with Crippen LogP contribution in [0.1, 0.15) is 23.6 Å². The Bertz CT molecular complexity index is 1280. The topological polar surface area (TPSA) is 69.6 Å². The molecule has 0 amide bonds. The molecular weight excluding hydrogens is 427 g/mol. The summed E-state index contributed by atoms with van der Waals surface area (Å²) in [5.41, 5.74) is 3.46. The minimum atomic E-state index is -3.75. The van der Waals surface area contributed by atoms with E-state index >= 15 is 0 Å². The Labute approximate surface area is 187 Å². The van der Waals surface area contributed by atoms with Crippen LogP contribution in [0, 0.1) is 18.7 Å². The van der Waals surface area contributed by atoms with Crippen LogP contribution in [0.25, 0.3) is 11.1 Å². The zero-order valence-electron chi connectivity index (χ0n) is 17.7. The van der Waals surface area contributed by atoms with E-state index in [1.807, 2.05) is 24.3 Å². The Morgan fingerprint density at radius 3 is 2.59 bits per heavy atom. The number of anilines is 1. The summed E-state index contributed by atoms with van der Waals surface area (Å²) < 4.78 is 43.4. The van der Waals surface area contributed by atoms with Crippen LogP contribution in [0.3, 0.4) is 0 Å². The summed E-state index contributed by atoms with van der Waals surface area (Å²) >= 11 is 0. The lowest BCUT2D eigenvalue weighted by Crippen LogP contribution is -2.42. The summed E-state index contributed by atoms with van der Waals surface area (Å²) in [4.78, 5) is 0.298. The summed E-state index contributed by atoms with van der Waals surface area (Å²) in [6.07, 6.45) is 0.636. The van der Waals surface area contributed by atoms with E-state index < -0.39 is 16.1 Å². The molecule has 0 spiro atoms. The van der Waals surface area contributed by atoms with Crippen molar-refractivity contribution < 1.29 is 17.9 Å². The van der Waals surface area contributed by atoms with Gasteiger partial charge in [-0.2, -0.15) is 4.31 Å². The first kappa shape index (κ1) is 21.1. The molecule has 0 aliphatic carbocycles. The molecule has 2 aliphatic rings. The second-order valence-corrected chi connectivity index (χ2v) is 10.4. The van der Waals surface area contributed by atoms with Crippen LogP contribution in [0.15, 0.2) is 71.6 Å². The van der Waals surface area contributed by atoms with Crippen molar-refractivity contribution in [3.05, 3.63) is 83.7 Å². The number of rotatable bonds is 4. The first-order chi connectivity index (χ1) is 15.4. The molecule has 2 aliphatic heterocycles. The van der Waals surface area contributed by atoms with Crippen molar-refractivity contribution in [1.29, 1.82) is 0 Å². The maximum Gasteiger partial charge on any atom is 0.243 e. The molecule has 0 aromatic heterocycles. The highest BCUT2D eigenvalue weighted by Crippen LogP contribution is 2.49. The second-order valence-electron chi connectivity index (χ2n) is 8.49. The van der Waals surface area contributed by atoms with Crippen LogP contribution < -0.4 is 5.32 Å². The molecule has 5 nitrogen and oxygen atoms in total.